The van der Waals surface area contributed by atoms with Crippen LogP contribution in [0.15, 0.2) is 29.8 Å². The third-order valence-corrected chi connectivity index (χ3v) is 2.76. The van der Waals surface area contributed by atoms with Gasteiger partial charge in [0.15, 0.2) is 0 Å². The number of carboxylic acid groups (broad SMARTS) is 1. The SMILES string of the molecule is CC1=CC(=O)N(c2ccc(C(=O)O)cc2[N+](=O)[O-])C1=O. The van der Waals surface area contributed by atoms with Gasteiger partial charge in [0.2, 0.25) is 0 Å². The Morgan fingerprint density at radius 3 is 2.45 bits per heavy atom. The third kappa shape index (κ3) is 2.03. The summed E-state index contributed by atoms with van der Waals surface area (Å²) in [6.45, 7) is 1.41. The van der Waals surface area contributed by atoms with Gasteiger partial charge in [-0.1, -0.05) is 0 Å². The predicted octanol–water partition coefficient (Wildman–Crippen LogP) is 1.11. The van der Waals surface area contributed by atoms with E-state index >= 15 is 0 Å². The average molecular weight is 276 g/mol. The summed E-state index contributed by atoms with van der Waals surface area (Å²) in [5.41, 5.74) is -1.01. The maximum atomic E-state index is 11.8. The zero-order valence-electron chi connectivity index (χ0n) is 10.2. The van der Waals surface area contributed by atoms with E-state index < -0.39 is 28.4 Å². The quantitative estimate of drug-likeness (QED) is 0.502. The molecule has 0 aromatic heterocycles. The fraction of sp³-hybridized carbons (Fsp3) is 0.0833. The number of carboxylic acids is 1. The van der Waals surface area contributed by atoms with Crippen LogP contribution < -0.4 is 4.90 Å². The van der Waals surface area contributed by atoms with Gasteiger partial charge in [-0.05, 0) is 19.1 Å². The summed E-state index contributed by atoms with van der Waals surface area (Å²) in [6, 6.07) is 2.98. The highest BCUT2D eigenvalue weighted by molar-refractivity contribution is 6.31. The first-order valence-electron chi connectivity index (χ1n) is 5.41. The molecule has 0 aliphatic carbocycles. The van der Waals surface area contributed by atoms with Crippen LogP contribution in [0, 0.1) is 10.1 Å². The van der Waals surface area contributed by atoms with E-state index in [1.54, 1.807) is 0 Å². The molecule has 1 N–H and O–H groups in total. The minimum atomic E-state index is -1.34. The standard InChI is InChI=1S/C12H8N2O6/c1-6-4-10(15)13(11(6)16)8-3-2-7(12(17)18)5-9(8)14(19)20/h2-5H,1H3,(H,17,18). The van der Waals surface area contributed by atoms with Gasteiger partial charge in [-0.25, -0.2) is 9.69 Å². The molecule has 102 valence electrons. The second kappa shape index (κ2) is 4.57. The lowest BCUT2D eigenvalue weighted by atomic mass is 10.1. The van der Waals surface area contributed by atoms with E-state index in [1.165, 1.54) is 6.92 Å². The van der Waals surface area contributed by atoms with Gasteiger partial charge in [-0.3, -0.25) is 19.7 Å². The fourth-order valence-corrected chi connectivity index (χ4v) is 1.81. The summed E-state index contributed by atoms with van der Waals surface area (Å²) in [7, 11) is 0. The lowest BCUT2D eigenvalue weighted by Crippen LogP contribution is -2.31. The van der Waals surface area contributed by atoms with Gasteiger partial charge in [-0.15, -0.1) is 0 Å². The van der Waals surface area contributed by atoms with Crippen LogP contribution >= 0.6 is 0 Å². The Balaban J connectivity index is 2.58. The van der Waals surface area contributed by atoms with E-state index in [1.807, 2.05) is 0 Å². The Morgan fingerprint density at radius 1 is 1.35 bits per heavy atom. The van der Waals surface area contributed by atoms with E-state index in [-0.39, 0.29) is 16.8 Å². The van der Waals surface area contributed by atoms with Gasteiger partial charge in [-0.2, -0.15) is 0 Å². The Bertz CT molecular complexity index is 691. The Kier molecular flexibility index (Phi) is 3.07. The number of rotatable bonds is 3. The van der Waals surface area contributed by atoms with Crippen LogP contribution in [0.3, 0.4) is 0 Å². The van der Waals surface area contributed by atoms with Gasteiger partial charge >= 0.3 is 5.97 Å². The second-order valence-corrected chi connectivity index (χ2v) is 4.07. The largest absolute Gasteiger partial charge is 0.478 e. The van der Waals surface area contributed by atoms with Crippen molar-refractivity contribution in [2.24, 2.45) is 0 Å². The molecular weight excluding hydrogens is 268 g/mol. The molecule has 1 aliphatic heterocycles. The van der Waals surface area contributed by atoms with E-state index in [4.69, 9.17) is 5.11 Å². The summed E-state index contributed by atoms with van der Waals surface area (Å²) in [5.74, 6) is -2.70. The van der Waals surface area contributed by atoms with Gasteiger partial charge in [0.25, 0.3) is 17.5 Å². The minimum Gasteiger partial charge on any atom is -0.478 e. The average Bonchev–Trinajstić information content (AvgIpc) is 2.62. The number of imide groups is 1. The number of aromatic carboxylic acids is 1. The molecule has 0 saturated heterocycles. The van der Waals surface area contributed by atoms with Gasteiger partial charge in [0, 0.05) is 17.7 Å². The number of nitrogens with zero attached hydrogens (tertiary/aromatic N) is 2. The molecule has 1 aromatic carbocycles. The zero-order chi connectivity index (χ0) is 15.0. The maximum absolute atomic E-state index is 11.8. The van der Waals surface area contributed by atoms with E-state index in [9.17, 15) is 24.5 Å². The molecule has 1 heterocycles. The molecular formula is C12H8N2O6. The smallest absolute Gasteiger partial charge is 0.335 e. The van der Waals surface area contributed by atoms with Crippen LogP contribution in [-0.2, 0) is 9.59 Å². The van der Waals surface area contributed by atoms with Crippen molar-refractivity contribution in [2.45, 2.75) is 6.92 Å². The van der Waals surface area contributed by atoms with Crippen molar-refractivity contribution < 1.29 is 24.4 Å². The molecule has 8 nitrogen and oxygen atoms in total. The van der Waals surface area contributed by atoms with Crippen LogP contribution in [-0.4, -0.2) is 27.8 Å². The second-order valence-electron chi connectivity index (χ2n) is 4.07. The number of anilines is 1. The van der Waals surface area contributed by atoms with Crippen molar-refractivity contribution in [3.63, 3.8) is 0 Å². The molecule has 0 spiro atoms. The van der Waals surface area contributed by atoms with Crippen LogP contribution in [0.5, 0.6) is 0 Å². The molecule has 0 bridgehead atoms. The number of hydrogen-bond donors (Lipinski definition) is 1. The van der Waals surface area contributed by atoms with Crippen molar-refractivity contribution in [1.82, 2.24) is 0 Å². The molecule has 0 atom stereocenters. The highest BCUT2D eigenvalue weighted by Gasteiger charge is 2.34. The lowest BCUT2D eigenvalue weighted by Gasteiger charge is -2.14. The van der Waals surface area contributed by atoms with Crippen molar-refractivity contribution in [3.05, 3.63) is 45.5 Å². The number of carbonyl (C=O) groups excluding carboxylic acids is 2. The number of hydrogen-bond acceptors (Lipinski definition) is 5. The van der Waals surface area contributed by atoms with Gasteiger partial charge in [0.05, 0.1) is 10.5 Å². The molecule has 0 radical (unpaired) electrons. The third-order valence-electron chi connectivity index (χ3n) is 2.76. The molecule has 1 aliphatic rings. The first kappa shape index (κ1) is 13.4. The van der Waals surface area contributed by atoms with Crippen LogP contribution in [0.25, 0.3) is 0 Å². The highest BCUT2D eigenvalue weighted by Crippen LogP contribution is 2.32. The first-order chi connectivity index (χ1) is 9.32. The number of carbonyl (C=O) groups is 3. The van der Waals surface area contributed by atoms with E-state index in [0.29, 0.717) is 4.90 Å². The molecule has 2 amide bonds. The molecule has 8 heteroatoms. The van der Waals surface area contributed by atoms with Crippen molar-refractivity contribution in [1.29, 1.82) is 0 Å². The fourth-order valence-electron chi connectivity index (χ4n) is 1.81. The molecule has 0 saturated carbocycles. The monoisotopic (exact) mass is 276 g/mol. The topological polar surface area (TPSA) is 118 Å². The molecule has 2 rings (SSSR count). The number of nitro benzene ring substituents is 1. The number of nitro groups is 1. The normalized spacial score (nSPS) is 14.4. The van der Waals surface area contributed by atoms with E-state index in [0.717, 1.165) is 24.3 Å². The van der Waals surface area contributed by atoms with Gasteiger partial charge in [0.1, 0.15) is 5.69 Å². The predicted molar refractivity (Wildman–Crippen MR) is 66.3 cm³/mol. The van der Waals surface area contributed by atoms with Crippen molar-refractivity contribution in [2.75, 3.05) is 4.90 Å². The number of benzene rings is 1. The molecule has 0 unspecified atom stereocenters. The Morgan fingerprint density at radius 2 is 2.00 bits per heavy atom. The summed E-state index contributed by atoms with van der Waals surface area (Å²) in [4.78, 5) is 45.1. The van der Waals surface area contributed by atoms with Crippen LogP contribution in [0.2, 0.25) is 0 Å². The summed E-state index contributed by atoms with van der Waals surface area (Å²) < 4.78 is 0. The Hall–Kier alpha value is -3.03. The van der Waals surface area contributed by atoms with E-state index in [2.05, 4.69) is 0 Å². The van der Waals surface area contributed by atoms with Gasteiger partial charge < -0.3 is 5.11 Å². The minimum absolute atomic E-state index is 0.159. The van der Waals surface area contributed by atoms with Crippen LogP contribution in [0.1, 0.15) is 17.3 Å². The summed E-state index contributed by atoms with van der Waals surface area (Å²) in [6.07, 6.45) is 1.07. The molecule has 20 heavy (non-hydrogen) atoms. The van der Waals surface area contributed by atoms with Crippen LogP contribution in [0.4, 0.5) is 11.4 Å². The highest BCUT2D eigenvalue weighted by atomic mass is 16.6. The molecule has 0 fully saturated rings. The molecule has 1 aromatic rings. The zero-order valence-corrected chi connectivity index (χ0v) is 10.2. The Labute approximate surface area is 112 Å². The van der Waals surface area contributed by atoms with Crippen molar-refractivity contribution >= 4 is 29.2 Å². The summed E-state index contributed by atoms with van der Waals surface area (Å²) in [5, 5.41) is 19.8. The maximum Gasteiger partial charge on any atom is 0.335 e. The summed E-state index contributed by atoms with van der Waals surface area (Å²) >= 11 is 0. The number of amides is 2. The van der Waals surface area contributed by atoms with Crippen molar-refractivity contribution in [3.8, 4) is 0 Å². The lowest BCUT2D eigenvalue weighted by molar-refractivity contribution is -0.384. The first-order valence-corrected chi connectivity index (χ1v) is 5.41.